The molecule has 0 aliphatic carbocycles. The summed E-state index contributed by atoms with van der Waals surface area (Å²) in [6.07, 6.45) is 1.90. The molecule has 106 valence electrons. The summed E-state index contributed by atoms with van der Waals surface area (Å²) in [5.41, 5.74) is 2.23. The summed E-state index contributed by atoms with van der Waals surface area (Å²) >= 11 is 1.47. The number of carbonyl (C=O) groups excluding carboxylic acids is 1. The summed E-state index contributed by atoms with van der Waals surface area (Å²) < 4.78 is 4.94. The molecule has 1 N–H and O–H groups in total. The van der Waals surface area contributed by atoms with E-state index in [0.717, 1.165) is 16.4 Å². The summed E-state index contributed by atoms with van der Waals surface area (Å²) in [5.74, 6) is 0.154. The van der Waals surface area contributed by atoms with Gasteiger partial charge >= 0.3 is 0 Å². The van der Waals surface area contributed by atoms with Crippen molar-refractivity contribution in [3.63, 3.8) is 0 Å². The van der Waals surface area contributed by atoms with E-state index in [9.17, 15) is 4.79 Å². The van der Waals surface area contributed by atoms with Crippen molar-refractivity contribution in [2.24, 2.45) is 0 Å². The Morgan fingerprint density at radius 2 is 2.33 bits per heavy atom. The van der Waals surface area contributed by atoms with Crippen LogP contribution in [0.1, 0.15) is 11.4 Å². The van der Waals surface area contributed by atoms with Crippen molar-refractivity contribution in [2.45, 2.75) is 13.3 Å². The Balaban J connectivity index is 1.66. The van der Waals surface area contributed by atoms with Crippen molar-refractivity contribution < 1.29 is 9.32 Å². The third kappa shape index (κ3) is 3.32. The third-order valence-electron chi connectivity index (χ3n) is 2.67. The second kappa shape index (κ2) is 5.84. The highest BCUT2D eigenvalue weighted by Gasteiger charge is 2.11. The number of carbonyl (C=O) groups is 1. The minimum absolute atomic E-state index is 0.184. The van der Waals surface area contributed by atoms with Crippen LogP contribution in [0.15, 0.2) is 40.4 Å². The lowest BCUT2D eigenvalue weighted by Crippen LogP contribution is -2.14. The molecule has 0 aliphatic rings. The van der Waals surface area contributed by atoms with Crippen molar-refractivity contribution in [2.75, 3.05) is 5.32 Å². The molecule has 0 saturated heterocycles. The smallest absolute Gasteiger partial charge is 0.232 e. The van der Waals surface area contributed by atoms with E-state index in [2.05, 4.69) is 20.4 Å². The minimum Gasteiger partial charge on any atom is -0.338 e. The Morgan fingerprint density at radius 3 is 3.05 bits per heavy atom. The zero-order valence-corrected chi connectivity index (χ0v) is 12.1. The molecule has 0 spiro atoms. The molecule has 21 heavy (non-hydrogen) atoms. The number of amides is 1. The van der Waals surface area contributed by atoms with Crippen LogP contribution in [0.4, 0.5) is 5.88 Å². The van der Waals surface area contributed by atoms with E-state index in [-0.39, 0.29) is 12.3 Å². The van der Waals surface area contributed by atoms with E-state index in [1.54, 1.807) is 19.2 Å². The molecule has 3 aromatic rings. The topological polar surface area (TPSA) is 80.9 Å². The van der Waals surface area contributed by atoms with Gasteiger partial charge in [0.05, 0.1) is 23.5 Å². The van der Waals surface area contributed by atoms with Gasteiger partial charge in [-0.3, -0.25) is 15.1 Å². The van der Waals surface area contributed by atoms with E-state index in [0.29, 0.717) is 11.6 Å². The average Bonchev–Trinajstić information content (AvgIpc) is 3.09. The second-order valence-corrected chi connectivity index (χ2v) is 5.27. The molecule has 0 bridgehead atoms. The highest BCUT2D eigenvalue weighted by Crippen LogP contribution is 2.21. The quantitative estimate of drug-likeness (QED) is 0.801. The molecule has 0 radical (unpaired) electrons. The lowest BCUT2D eigenvalue weighted by Gasteiger charge is -1.98. The predicted octanol–water partition coefficient (Wildman–Crippen LogP) is 2.68. The molecule has 3 heterocycles. The van der Waals surface area contributed by atoms with Gasteiger partial charge in [0.25, 0.3) is 0 Å². The first kappa shape index (κ1) is 13.4. The number of pyridine rings is 1. The number of nitrogens with one attached hydrogen (secondary N) is 1. The Kier molecular flexibility index (Phi) is 3.74. The number of anilines is 1. The van der Waals surface area contributed by atoms with Crippen molar-refractivity contribution in [3.8, 4) is 10.7 Å². The van der Waals surface area contributed by atoms with Crippen LogP contribution in [-0.2, 0) is 11.2 Å². The number of aryl methyl sites for hydroxylation is 1. The minimum atomic E-state index is -0.191. The molecule has 7 heteroatoms. The van der Waals surface area contributed by atoms with Gasteiger partial charge < -0.3 is 4.52 Å². The van der Waals surface area contributed by atoms with Crippen molar-refractivity contribution >= 4 is 23.1 Å². The highest BCUT2D eigenvalue weighted by molar-refractivity contribution is 7.13. The van der Waals surface area contributed by atoms with Crippen LogP contribution in [0.3, 0.4) is 0 Å². The van der Waals surface area contributed by atoms with E-state index < -0.39 is 0 Å². The van der Waals surface area contributed by atoms with Gasteiger partial charge in [0.1, 0.15) is 5.01 Å². The number of hydrogen-bond donors (Lipinski definition) is 1. The van der Waals surface area contributed by atoms with Crippen LogP contribution in [0.5, 0.6) is 0 Å². The zero-order valence-electron chi connectivity index (χ0n) is 11.2. The molecule has 0 aromatic carbocycles. The summed E-state index contributed by atoms with van der Waals surface area (Å²) in [6, 6.07) is 7.31. The van der Waals surface area contributed by atoms with Gasteiger partial charge in [-0.2, -0.15) is 0 Å². The Labute approximate surface area is 124 Å². The highest BCUT2D eigenvalue weighted by atomic mass is 32.1. The molecular weight excluding hydrogens is 288 g/mol. The first-order valence-corrected chi connectivity index (χ1v) is 7.17. The van der Waals surface area contributed by atoms with Crippen LogP contribution >= 0.6 is 11.3 Å². The van der Waals surface area contributed by atoms with E-state index in [4.69, 9.17) is 4.52 Å². The molecule has 0 saturated carbocycles. The van der Waals surface area contributed by atoms with Crippen LogP contribution < -0.4 is 5.32 Å². The monoisotopic (exact) mass is 300 g/mol. The summed E-state index contributed by atoms with van der Waals surface area (Å²) in [6.45, 7) is 1.79. The fraction of sp³-hybridized carbons (Fsp3) is 0.143. The number of nitrogens with zero attached hydrogens (tertiary/aromatic N) is 3. The van der Waals surface area contributed by atoms with Gasteiger partial charge in [-0.15, -0.1) is 11.3 Å². The van der Waals surface area contributed by atoms with Gasteiger partial charge in [-0.1, -0.05) is 11.2 Å². The lowest BCUT2D eigenvalue weighted by molar-refractivity contribution is -0.115. The van der Waals surface area contributed by atoms with Gasteiger partial charge in [0.15, 0.2) is 0 Å². The molecule has 6 nitrogen and oxygen atoms in total. The third-order valence-corrected chi connectivity index (χ3v) is 3.58. The van der Waals surface area contributed by atoms with Crippen molar-refractivity contribution in [3.05, 3.63) is 47.2 Å². The number of hydrogen-bond acceptors (Lipinski definition) is 6. The predicted molar refractivity (Wildman–Crippen MR) is 78.9 cm³/mol. The standard InChI is InChI=1S/C14H12N4O2S/c1-9-6-13(20-18-9)17-12(19)7-10-8-21-14(16-10)11-4-2-3-5-15-11/h2-6,8H,7H2,1H3,(H,17,19). The van der Waals surface area contributed by atoms with Crippen molar-refractivity contribution in [1.82, 2.24) is 15.1 Å². The second-order valence-electron chi connectivity index (χ2n) is 4.42. The van der Waals surface area contributed by atoms with Crippen LogP contribution in [0.2, 0.25) is 0 Å². The molecule has 0 unspecified atom stereocenters. The summed E-state index contributed by atoms with van der Waals surface area (Å²) in [5, 5.41) is 9.01. The Bertz CT molecular complexity index is 751. The first-order chi connectivity index (χ1) is 10.2. The molecule has 0 aliphatic heterocycles. The Morgan fingerprint density at radius 1 is 1.43 bits per heavy atom. The van der Waals surface area contributed by atoms with E-state index in [1.807, 2.05) is 23.6 Å². The van der Waals surface area contributed by atoms with Crippen LogP contribution in [0, 0.1) is 6.92 Å². The molecule has 0 atom stereocenters. The maximum Gasteiger partial charge on any atom is 0.232 e. The van der Waals surface area contributed by atoms with Crippen LogP contribution in [-0.4, -0.2) is 21.0 Å². The van der Waals surface area contributed by atoms with Crippen LogP contribution in [0.25, 0.3) is 10.7 Å². The summed E-state index contributed by atoms with van der Waals surface area (Å²) in [7, 11) is 0. The number of thiazole rings is 1. The van der Waals surface area contributed by atoms with E-state index in [1.165, 1.54) is 11.3 Å². The van der Waals surface area contributed by atoms with Gasteiger partial charge in [-0.05, 0) is 19.1 Å². The normalized spacial score (nSPS) is 10.5. The maximum atomic E-state index is 11.9. The molecule has 1 amide bonds. The molecule has 0 fully saturated rings. The summed E-state index contributed by atoms with van der Waals surface area (Å²) in [4.78, 5) is 20.5. The first-order valence-electron chi connectivity index (χ1n) is 6.30. The Hall–Kier alpha value is -2.54. The molecular formula is C14H12N4O2S. The van der Waals surface area contributed by atoms with Crippen molar-refractivity contribution in [1.29, 1.82) is 0 Å². The van der Waals surface area contributed by atoms with Gasteiger partial charge in [-0.25, -0.2) is 4.98 Å². The molecule has 3 rings (SSSR count). The lowest BCUT2D eigenvalue weighted by atomic mass is 10.3. The largest absolute Gasteiger partial charge is 0.338 e. The average molecular weight is 300 g/mol. The molecule has 3 aromatic heterocycles. The number of aromatic nitrogens is 3. The van der Waals surface area contributed by atoms with Gasteiger partial charge in [0.2, 0.25) is 11.8 Å². The number of rotatable bonds is 4. The zero-order chi connectivity index (χ0) is 14.7. The fourth-order valence-corrected chi connectivity index (χ4v) is 2.56. The maximum absolute atomic E-state index is 11.9. The SMILES string of the molecule is Cc1cc(NC(=O)Cc2csc(-c3ccccn3)n2)on1. The van der Waals surface area contributed by atoms with Gasteiger partial charge in [0, 0.05) is 17.6 Å². The fourth-order valence-electron chi connectivity index (χ4n) is 1.76. The van der Waals surface area contributed by atoms with E-state index >= 15 is 0 Å².